The van der Waals surface area contributed by atoms with E-state index >= 15 is 0 Å². The number of hydrogen-bond acceptors (Lipinski definition) is 5. The van der Waals surface area contributed by atoms with Gasteiger partial charge in [-0.15, -0.1) is 0 Å². The number of methoxy groups -OCH3 is 2. The van der Waals surface area contributed by atoms with Gasteiger partial charge in [0.15, 0.2) is 0 Å². The van der Waals surface area contributed by atoms with Gasteiger partial charge in [0.05, 0.1) is 33.4 Å². The average molecular weight is 442 g/mol. The lowest BCUT2D eigenvalue weighted by Crippen LogP contribution is -2.45. The van der Waals surface area contributed by atoms with Gasteiger partial charge in [-0.1, -0.05) is 6.07 Å². The van der Waals surface area contributed by atoms with Crippen molar-refractivity contribution in [1.82, 2.24) is 9.80 Å². The molecule has 32 heavy (non-hydrogen) atoms. The van der Waals surface area contributed by atoms with Gasteiger partial charge in [0.25, 0.3) is 5.91 Å². The molecule has 0 aliphatic carbocycles. The molecule has 0 unspecified atom stereocenters. The molecule has 2 amide bonds. The van der Waals surface area contributed by atoms with Crippen LogP contribution in [0.2, 0.25) is 0 Å². The number of halogens is 1. The summed E-state index contributed by atoms with van der Waals surface area (Å²) in [5.41, 5.74) is 1.25. The number of ether oxygens (including phenoxy) is 3. The van der Waals surface area contributed by atoms with E-state index in [-0.39, 0.29) is 24.3 Å². The van der Waals surface area contributed by atoms with Gasteiger partial charge >= 0.3 is 0 Å². The molecule has 2 aromatic carbocycles. The Kier molecular flexibility index (Phi) is 6.60. The van der Waals surface area contributed by atoms with Crippen molar-refractivity contribution in [3.8, 4) is 11.5 Å². The third-order valence-electron chi connectivity index (χ3n) is 6.18. The van der Waals surface area contributed by atoms with E-state index < -0.39 is 11.7 Å². The lowest BCUT2D eigenvalue weighted by molar-refractivity contribution is -0.139. The fraction of sp³-hybridized carbons (Fsp3) is 0.417. The molecule has 0 N–H and O–H groups in total. The highest BCUT2D eigenvalue weighted by Gasteiger charge is 2.43. The lowest BCUT2D eigenvalue weighted by Gasteiger charge is -2.31. The van der Waals surface area contributed by atoms with E-state index in [1.54, 1.807) is 25.2 Å². The summed E-state index contributed by atoms with van der Waals surface area (Å²) in [6, 6.07) is 11.0. The van der Waals surface area contributed by atoms with Crippen molar-refractivity contribution in [2.45, 2.75) is 5.92 Å². The second-order valence-corrected chi connectivity index (χ2v) is 7.98. The summed E-state index contributed by atoms with van der Waals surface area (Å²) in [4.78, 5) is 30.1. The van der Waals surface area contributed by atoms with Crippen molar-refractivity contribution in [3.63, 3.8) is 0 Å². The van der Waals surface area contributed by atoms with Crippen LogP contribution in [0.1, 0.15) is 21.8 Å². The lowest BCUT2D eigenvalue weighted by atomic mass is 9.87. The Morgan fingerprint density at radius 2 is 1.69 bits per heavy atom. The first kappa shape index (κ1) is 22.1. The Bertz CT molecular complexity index is 975. The van der Waals surface area contributed by atoms with E-state index in [0.717, 1.165) is 5.56 Å². The summed E-state index contributed by atoms with van der Waals surface area (Å²) in [6.45, 7) is 2.73. The molecule has 7 nitrogen and oxygen atoms in total. The molecule has 2 heterocycles. The van der Waals surface area contributed by atoms with E-state index in [4.69, 9.17) is 14.2 Å². The summed E-state index contributed by atoms with van der Waals surface area (Å²) >= 11 is 0. The molecule has 2 saturated heterocycles. The predicted molar refractivity (Wildman–Crippen MR) is 115 cm³/mol. The van der Waals surface area contributed by atoms with Gasteiger partial charge < -0.3 is 24.0 Å². The predicted octanol–water partition coefficient (Wildman–Crippen LogP) is 2.56. The Labute approximate surface area is 186 Å². The van der Waals surface area contributed by atoms with Crippen molar-refractivity contribution in [2.75, 3.05) is 53.6 Å². The van der Waals surface area contributed by atoms with Crippen LogP contribution in [-0.2, 0) is 9.53 Å². The second kappa shape index (κ2) is 9.56. The van der Waals surface area contributed by atoms with Crippen molar-refractivity contribution < 1.29 is 28.2 Å². The van der Waals surface area contributed by atoms with E-state index in [9.17, 15) is 14.0 Å². The summed E-state index contributed by atoms with van der Waals surface area (Å²) in [5.74, 6) is -0.00554. The molecule has 2 fully saturated rings. The molecular weight excluding hydrogens is 415 g/mol. The Morgan fingerprint density at radius 1 is 0.969 bits per heavy atom. The van der Waals surface area contributed by atoms with Gasteiger partial charge in [0.2, 0.25) is 5.91 Å². The molecule has 0 bridgehead atoms. The van der Waals surface area contributed by atoms with Crippen LogP contribution >= 0.6 is 0 Å². The van der Waals surface area contributed by atoms with Gasteiger partial charge in [-0.2, -0.15) is 0 Å². The Morgan fingerprint density at radius 3 is 2.34 bits per heavy atom. The summed E-state index contributed by atoms with van der Waals surface area (Å²) in [7, 11) is 3.16. The third-order valence-corrected chi connectivity index (χ3v) is 6.18. The zero-order chi connectivity index (χ0) is 22.7. The number of morpholine rings is 1. The number of amides is 2. The minimum absolute atomic E-state index is 0.00516. The van der Waals surface area contributed by atoms with Crippen LogP contribution in [0.15, 0.2) is 42.5 Å². The number of hydrogen-bond donors (Lipinski definition) is 0. The highest BCUT2D eigenvalue weighted by Crippen LogP contribution is 2.40. The van der Waals surface area contributed by atoms with Gasteiger partial charge in [0.1, 0.15) is 17.3 Å². The molecule has 2 aliphatic rings. The topological polar surface area (TPSA) is 68.3 Å². The minimum Gasteiger partial charge on any atom is -0.497 e. The normalized spacial score (nSPS) is 20.8. The molecule has 0 aromatic heterocycles. The van der Waals surface area contributed by atoms with Crippen molar-refractivity contribution >= 4 is 11.8 Å². The summed E-state index contributed by atoms with van der Waals surface area (Å²) in [6.07, 6.45) is 0. The molecule has 2 aliphatic heterocycles. The molecule has 0 saturated carbocycles. The van der Waals surface area contributed by atoms with Gasteiger partial charge in [0, 0.05) is 49.3 Å². The summed E-state index contributed by atoms with van der Waals surface area (Å²) < 4.78 is 29.6. The number of carbonyl (C=O) groups excluding carboxylic acids is 2. The Balaban J connectivity index is 1.65. The van der Waals surface area contributed by atoms with Gasteiger partial charge in [-0.25, -0.2) is 4.39 Å². The first-order valence-electron chi connectivity index (χ1n) is 10.6. The monoisotopic (exact) mass is 442 g/mol. The number of nitrogens with zero attached hydrogens (tertiary/aromatic N) is 2. The average Bonchev–Trinajstić information content (AvgIpc) is 3.29. The molecule has 170 valence electrons. The molecule has 2 aromatic rings. The van der Waals surface area contributed by atoms with Crippen LogP contribution in [0.25, 0.3) is 0 Å². The third kappa shape index (κ3) is 4.41. The molecular formula is C24H27FN2O5. The minimum atomic E-state index is -0.417. The zero-order valence-electron chi connectivity index (χ0n) is 18.3. The molecule has 2 atom stereocenters. The van der Waals surface area contributed by atoms with Crippen LogP contribution in [0.5, 0.6) is 11.5 Å². The highest BCUT2D eigenvalue weighted by molar-refractivity contribution is 5.95. The standard InChI is InChI=1S/C24H27FN2O5/c1-30-18-7-8-19(22(13-18)31-2)20-14-27(23(28)16-3-5-17(25)6-4-16)15-21(20)24(29)26-9-11-32-12-10-26/h3-8,13,20-21H,9-12,14-15H2,1-2H3/t20-,21+/m1/s1. The fourth-order valence-corrected chi connectivity index (χ4v) is 4.45. The Hall–Kier alpha value is -3.13. The molecule has 4 rings (SSSR count). The maximum absolute atomic E-state index is 13.5. The van der Waals surface area contributed by atoms with Crippen molar-refractivity contribution in [2.24, 2.45) is 5.92 Å². The quantitative estimate of drug-likeness (QED) is 0.712. The smallest absolute Gasteiger partial charge is 0.253 e. The number of rotatable bonds is 5. The second-order valence-electron chi connectivity index (χ2n) is 7.98. The van der Waals surface area contributed by atoms with Crippen LogP contribution in [0, 0.1) is 11.7 Å². The maximum Gasteiger partial charge on any atom is 0.253 e. The van der Waals surface area contributed by atoms with Crippen LogP contribution in [0.4, 0.5) is 4.39 Å². The van der Waals surface area contributed by atoms with Crippen LogP contribution in [0.3, 0.4) is 0 Å². The van der Waals surface area contributed by atoms with E-state index in [1.807, 2.05) is 17.0 Å². The number of likely N-dealkylation sites (tertiary alicyclic amines) is 1. The van der Waals surface area contributed by atoms with Crippen molar-refractivity contribution in [3.05, 3.63) is 59.4 Å². The maximum atomic E-state index is 13.5. The first-order valence-corrected chi connectivity index (χ1v) is 10.6. The summed E-state index contributed by atoms with van der Waals surface area (Å²) in [5, 5.41) is 0. The number of benzene rings is 2. The largest absolute Gasteiger partial charge is 0.497 e. The van der Waals surface area contributed by atoms with Gasteiger partial charge in [-0.3, -0.25) is 9.59 Å². The molecule has 8 heteroatoms. The SMILES string of the molecule is COc1ccc([C@H]2CN(C(=O)c3ccc(F)cc3)C[C@@H]2C(=O)N2CCOCC2)c(OC)c1. The first-order chi connectivity index (χ1) is 15.5. The van der Waals surface area contributed by atoms with E-state index in [1.165, 1.54) is 24.3 Å². The van der Waals surface area contributed by atoms with Gasteiger partial charge in [-0.05, 0) is 30.3 Å². The van der Waals surface area contributed by atoms with Crippen molar-refractivity contribution in [1.29, 1.82) is 0 Å². The van der Waals surface area contributed by atoms with Crippen LogP contribution < -0.4 is 9.47 Å². The number of carbonyl (C=O) groups is 2. The molecule has 0 spiro atoms. The fourth-order valence-electron chi connectivity index (χ4n) is 4.45. The van der Waals surface area contributed by atoms with E-state index in [0.29, 0.717) is 49.9 Å². The zero-order valence-corrected chi connectivity index (χ0v) is 18.3. The molecule has 0 radical (unpaired) electrons. The highest BCUT2D eigenvalue weighted by atomic mass is 19.1. The van der Waals surface area contributed by atoms with E-state index in [2.05, 4.69) is 0 Å². The van der Waals surface area contributed by atoms with Crippen LogP contribution in [-0.4, -0.2) is 75.2 Å².